The molecule has 23 heavy (non-hydrogen) atoms. The van der Waals surface area contributed by atoms with Crippen molar-refractivity contribution in [1.29, 1.82) is 0 Å². The lowest BCUT2D eigenvalue weighted by molar-refractivity contribution is -0.137. The Labute approximate surface area is 135 Å². The Hall–Kier alpha value is -2.80. The highest BCUT2D eigenvalue weighted by Gasteiger charge is 2.11. The number of aromatic nitrogens is 3. The van der Waals surface area contributed by atoms with E-state index in [0.29, 0.717) is 10.7 Å². The maximum Gasteiger partial charge on any atom is 0.325 e. The maximum atomic E-state index is 12.1. The predicted molar refractivity (Wildman–Crippen MR) is 85.5 cm³/mol. The van der Waals surface area contributed by atoms with Gasteiger partial charge in [-0.05, 0) is 23.8 Å². The van der Waals surface area contributed by atoms with Crippen molar-refractivity contribution in [2.45, 2.75) is 13.0 Å². The van der Waals surface area contributed by atoms with Gasteiger partial charge >= 0.3 is 5.97 Å². The molecule has 7 nitrogen and oxygen atoms in total. The zero-order chi connectivity index (χ0) is 16.4. The van der Waals surface area contributed by atoms with Crippen LogP contribution in [0.1, 0.15) is 5.56 Å². The summed E-state index contributed by atoms with van der Waals surface area (Å²) in [5.41, 5.74) is 2.19. The number of nitrogens with one attached hydrogen (secondary N) is 2. The Morgan fingerprint density at radius 3 is 3.00 bits per heavy atom. The number of hydrogen-bond acceptors (Lipinski definition) is 3. The highest BCUT2D eigenvalue weighted by Crippen LogP contribution is 2.23. The van der Waals surface area contributed by atoms with Crippen LogP contribution in [0.15, 0.2) is 36.8 Å². The van der Waals surface area contributed by atoms with E-state index >= 15 is 0 Å². The number of carboxylic acids is 1. The van der Waals surface area contributed by atoms with Crippen LogP contribution in [0.25, 0.3) is 10.9 Å². The number of amides is 1. The fraction of sp³-hybridized carbons (Fsp3) is 0.133. The monoisotopic (exact) mass is 332 g/mol. The minimum atomic E-state index is -0.998. The van der Waals surface area contributed by atoms with Crippen molar-refractivity contribution in [1.82, 2.24) is 14.8 Å². The Morgan fingerprint density at radius 2 is 2.22 bits per heavy atom. The highest BCUT2D eigenvalue weighted by atomic mass is 35.5. The third kappa shape index (κ3) is 3.51. The number of aliphatic carboxylic acids is 1. The SMILES string of the molecule is O=C(O)Cn1cc(NC(=O)Cc2c[nH]c3ccc(Cl)cc23)cn1. The van der Waals surface area contributed by atoms with Crippen LogP contribution < -0.4 is 5.32 Å². The van der Waals surface area contributed by atoms with E-state index in [4.69, 9.17) is 16.7 Å². The number of hydrogen-bond donors (Lipinski definition) is 3. The molecule has 0 aliphatic carbocycles. The molecule has 0 fully saturated rings. The van der Waals surface area contributed by atoms with Gasteiger partial charge in [-0.15, -0.1) is 0 Å². The van der Waals surface area contributed by atoms with Crippen LogP contribution >= 0.6 is 11.6 Å². The lowest BCUT2D eigenvalue weighted by Gasteiger charge is -2.02. The summed E-state index contributed by atoms with van der Waals surface area (Å²) in [5.74, 6) is -1.22. The van der Waals surface area contributed by atoms with Crippen LogP contribution in [-0.4, -0.2) is 31.7 Å². The number of fused-ring (bicyclic) bond motifs is 1. The summed E-state index contributed by atoms with van der Waals surface area (Å²) in [6.45, 7) is -0.253. The third-order valence-corrected chi connectivity index (χ3v) is 3.53. The molecule has 118 valence electrons. The first-order valence-corrected chi connectivity index (χ1v) is 7.18. The van der Waals surface area contributed by atoms with Gasteiger partial charge in [-0.1, -0.05) is 11.6 Å². The summed E-state index contributed by atoms with van der Waals surface area (Å²) in [5, 5.41) is 16.7. The largest absolute Gasteiger partial charge is 0.480 e. The van der Waals surface area contributed by atoms with E-state index in [-0.39, 0.29) is 18.9 Å². The third-order valence-electron chi connectivity index (χ3n) is 3.29. The van der Waals surface area contributed by atoms with Gasteiger partial charge in [-0.3, -0.25) is 14.3 Å². The van der Waals surface area contributed by atoms with Gasteiger partial charge in [0.2, 0.25) is 5.91 Å². The van der Waals surface area contributed by atoms with Gasteiger partial charge in [0.05, 0.1) is 18.3 Å². The predicted octanol–water partition coefficient (Wildman–Crippen LogP) is 2.28. The van der Waals surface area contributed by atoms with Crippen molar-refractivity contribution in [3.8, 4) is 0 Å². The smallest absolute Gasteiger partial charge is 0.325 e. The molecular formula is C15H13ClN4O3. The van der Waals surface area contributed by atoms with Gasteiger partial charge < -0.3 is 15.4 Å². The molecule has 2 aromatic heterocycles. The lowest BCUT2D eigenvalue weighted by atomic mass is 10.1. The number of nitrogens with zero attached hydrogens (tertiary/aromatic N) is 2. The van der Waals surface area contributed by atoms with Crippen LogP contribution in [-0.2, 0) is 22.6 Å². The molecule has 3 N–H and O–H groups in total. The normalized spacial score (nSPS) is 10.8. The topological polar surface area (TPSA) is 100 Å². The Bertz CT molecular complexity index is 884. The molecule has 8 heteroatoms. The number of aromatic amines is 1. The van der Waals surface area contributed by atoms with E-state index in [2.05, 4.69) is 15.4 Å². The first-order chi connectivity index (χ1) is 11.0. The molecule has 0 atom stereocenters. The number of halogens is 1. The van der Waals surface area contributed by atoms with Gasteiger partial charge in [0.1, 0.15) is 6.54 Å². The second-order valence-electron chi connectivity index (χ2n) is 5.05. The number of carboxylic acid groups (broad SMARTS) is 1. The van der Waals surface area contributed by atoms with Crippen molar-refractivity contribution in [3.05, 3.63) is 47.4 Å². The summed E-state index contributed by atoms with van der Waals surface area (Å²) < 4.78 is 1.24. The standard InChI is InChI=1S/C15H13ClN4O3/c16-10-1-2-13-12(4-10)9(5-17-13)3-14(21)19-11-6-18-20(7-11)8-15(22)23/h1-2,4-7,17H,3,8H2,(H,19,21)(H,22,23). The summed E-state index contributed by atoms with van der Waals surface area (Å²) >= 11 is 5.98. The van der Waals surface area contributed by atoms with Crippen molar-refractivity contribution < 1.29 is 14.7 Å². The summed E-state index contributed by atoms with van der Waals surface area (Å²) in [6, 6.07) is 5.44. The molecule has 3 rings (SSSR count). The number of carbonyl (C=O) groups is 2. The van der Waals surface area contributed by atoms with Crippen molar-refractivity contribution in [3.63, 3.8) is 0 Å². The molecule has 0 radical (unpaired) electrons. The average molecular weight is 333 g/mol. The first-order valence-electron chi connectivity index (χ1n) is 6.81. The van der Waals surface area contributed by atoms with E-state index in [1.54, 1.807) is 18.3 Å². The second kappa shape index (κ2) is 6.13. The van der Waals surface area contributed by atoms with Crippen LogP contribution in [0.4, 0.5) is 5.69 Å². The quantitative estimate of drug-likeness (QED) is 0.667. The summed E-state index contributed by atoms with van der Waals surface area (Å²) in [6.07, 6.45) is 4.82. The molecule has 0 saturated heterocycles. The Balaban J connectivity index is 1.70. The summed E-state index contributed by atoms with van der Waals surface area (Å²) in [4.78, 5) is 25.8. The van der Waals surface area contributed by atoms with Crippen LogP contribution in [0.5, 0.6) is 0 Å². The zero-order valence-electron chi connectivity index (χ0n) is 11.9. The minimum Gasteiger partial charge on any atom is -0.480 e. The van der Waals surface area contributed by atoms with Crippen molar-refractivity contribution in [2.24, 2.45) is 0 Å². The van der Waals surface area contributed by atoms with Gasteiger partial charge in [0, 0.05) is 28.3 Å². The molecule has 0 aliphatic rings. The number of rotatable bonds is 5. The molecule has 3 aromatic rings. The number of anilines is 1. The maximum absolute atomic E-state index is 12.1. The first kappa shape index (κ1) is 15.1. The van der Waals surface area contributed by atoms with E-state index < -0.39 is 5.97 Å². The molecule has 1 aromatic carbocycles. The van der Waals surface area contributed by atoms with Gasteiger partial charge in [-0.2, -0.15) is 5.10 Å². The van der Waals surface area contributed by atoms with E-state index in [1.807, 2.05) is 6.07 Å². The molecule has 0 aliphatic heterocycles. The fourth-order valence-electron chi connectivity index (χ4n) is 2.33. The number of H-pyrrole nitrogens is 1. The molecule has 0 bridgehead atoms. The molecule has 1 amide bonds. The highest BCUT2D eigenvalue weighted by molar-refractivity contribution is 6.31. The van der Waals surface area contributed by atoms with E-state index in [9.17, 15) is 9.59 Å². The van der Waals surface area contributed by atoms with Crippen molar-refractivity contribution >= 4 is 40.1 Å². The Kier molecular flexibility index (Phi) is 4.03. The van der Waals surface area contributed by atoms with Crippen LogP contribution in [0, 0.1) is 0 Å². The van der Waals surface area contributed by atoms with Gasteiger partial charge in [0.25, 0.3) is 0 Å². The van der Waals surface area contributed by atoms with Gasteiger partial charge in [0.15, 0.2) is 0 Å². The molecule has 0 saturated carbocycles. The molecule has 0 unspecified atom stereocenters. The number of carbonyl (C=O) groups excluding carboxylic acids is 1. The minimum absolute atomic E-state index is 0.171. The van der Waals surface area contributed by atoms with Crippen LogP contribution in [0.3, 0.4) is 0 Å². The van der Waals surface area contributed by atoms with E-state index in [1.165, 1.54) is 17.1 Å². The molecule has 2 heterocycles. The lowest BCUT2D eigenvalue weighted by Crippen LogP contribution is -2.14. The van der Waals surface area contributed by atoms with Crippen molar-refractivity contribution in [2.75, 3.05) is 5.32 Å². The average Bonchev–Trinajstić information content (AvgIpc) is 3.06. The molecular weight excluding hydrogens is 320 g/mol. The zero-order valence-corrected chi connectivity index (χ0v) is 12.7. The fourth-order valence-corrected chi connectivity index (χ4v) is 2.50. The second-order valence-corrected chi connectivity index (χ2v) is 5.49. The van der Waals surface area contributed by atoms with E-state index in [0.717, 1.165) is 16.5 Å². The Morgan fingerprint density at radius 1 is 1.39 bits per heavy atom. The van der Waals surface area contributed by atoms with Gasteiger partial charge in [-0.25, -0.2) is 0 Å². The van der Waals surface area contributed by atoms with Crippen LogP contribution in [0.2, 0.25) is 5.02 Å². The summed E-state index contributed by atoms with van der Waals surface area (Å²) in [7, 11) is 0. The molecule has 0 spiro atoms. The number of benzene rings is 1.